The maximum atomic E-state index is 12.5. The average molecular weight is 374 g/mol. The first-order valence-corrected chi connectivity index (χ1v) is 8.38. The summed E-state index contributed by atoms with van der Waals surface area (Å²) in [6, 6.07) is 6.12. The third-order valence-corrected chi connectivity index (χ3v) is 4.37. The van der Waals surface area contributed by atoms with Crippen LogP contribution in [0.1, 0.15) is 37.7 Å². The Hall–Kier alpha value is -3.00. The predicted molar refractivity (Wildman–Crippen MR) is 98.2 cm³/mol. The molecule has 0 fully saturated rings. The van der Waals surface area contributed by atoms with E-state index in [4.69, 9.17) is 9.47 Å². The van der Waals surface area contributed by atoms with Crippen LogP contribution in [0, 0.1) is 30.9 Å². The van der Waals surface area contributed by atoms with Crippen molar-refractivity contribution in [3.8, 4) is 0 Å². The minimum Gasteiger partial charge on any atom is -0.454 e. The van der Waals surface area contributed by atoms with Gasteiger partial charge in [0.25, 0.3) is 5.69 Å². The number of carbonyl (C=O) groups is 2. The lowest BCUT2D eigenvalue weighted by molar-refractivity contribution is -0.385. The van der Waals surface area contributed by atoms with E-state index >= 15 is 0 Å². The van der Waals surface area contributed by atoms with E-state index in [0.29, 0.717) is 24.3 Å². The SMILES string of the molecule is COCCn1c(C)cc(C(=O)COC(=O)c2cccc(C)c2[N+](=O)[O-])c1C. The lowest BCUT2D eigenvalue weighted by atomic mass is 10.1. The molecule has 0 aliphatic rings. The Labute approximate surface area is 156 Å². The van der Waals surface area contributed by atoms with Gasteiger partial charge in [-0.3, -0.25) is 14.9 Å². The monoisotopic (exact) mass is 374 g/mol. The van der Waals surface area contributed by atoms with Crippen molar-refractivity contribution < 1.29 is 24.0 Å². The van der Waals surface area contributed by atoms with Crippen molar-refractivity contribution >= 4 is 17.4 Å². The molecule has 0 radical (unpaired) electrons. The Morgan fingerprint density at radius 2 is 1.89 bits per heavy atom. The van der Waals surface area contributed by atoms with Gasteiger partial charge in [-0.05, 0) is 32.9 Å². The largest absolute Gasteiger partial charge is 0.454 e. The van der Waals surface area contributed by atoms with Crippen LogP contribution in [0.15, 0.2) is 24.3 Å². The van der Waals surface area contributed by atoms with E-state index in [9.17, 15) is 19.7 Å². The Morgan fingerprint density at radius 3 is 2.52 bits per heavy atom. The number of benzene rings is 1. The fraction of sp³-hybridized carbons (Fsp3) is 0.368. The number of methoxy groups -OCH3 is 1. The van der Waals surface area contributed by atoms with Crippen LogP contribution >= 0.6 is 0 Å². The lowest BCUT2D eigenvalue weighted by Crippen LogP contribution is -2.16. The van der Waals surface area contributed by atoms with Crippen molar-refractivity contribution in [2.75, 3.05) is 20.3 Å². The fourth-order valence-corrected chi connectivity index (χ4v) is 2.96. The second-order valence-corrected chi connectivity index (χ2v) is 6.16. The zero-order valence-electron chi connectivity index (χ0n) is 15.8. The first-order chi connectivity index (χ1) is 12.8. The molecule has 0 N–H and O–H groups in total. The van der Waals surface area contributed by atoms with Gasteiger partial charge >= 0.3 is 5.97 Å². The van der Waals surface area contributed by atoms with Gasteiger partial charge in [-0.2, -0.15) is 0 Å². The van der Waals surface area contributed by atoms with Crippen molar-refractivity contribution in [3.63, 3.8) is 0 Å². The number of nitro benzene ring substituents is 1. The predicted octanol–water partition coefficient (Wildman–Crippen LogP) is 3.01. The molecule has 0 aliphatic heterocycles. The number of aromatic nitrogens is 1. The summed E-state index contributed by atoms with van der Waals surface area (Å²) in [5, 5.41) is 11.2. The zero-order chi connectivity index (χ0) is 20.1. The molecule has 2 rings (SSSR count). The number of ketones is 1. The highest BCUT2D eigenvalue weighted by Crippen LogP contribution is 2.24. The topological polar surface area (TPSA) is 101 Å². The number of para-hydroxylation sites is 1. The molecule has 27 heavy (non-hydrogen) atoms. The number of Topliss-reactive ketones (excluding diaryl/α,β-unsaturated/α-hetero) is 1. The molecule has 0 saturated carbocycles. The van der Waals surface area contributed by atoms with E-state index in [1.807, 2.05) is 18.4 Å². The van der Waals surface area contributed by atoms with Crippen LogP contribution in [0.4, 0.5) is 5.69 Å². The number of nitro groups is 1. The van der Waals surface area contributed by atoms with E-state index in [1.165, 1.54) is 25.1 Å². The molecular formula is C19H22N2O6. The normalized spacial score (nSPS) is 10.7. The van der Waals surface area contributed by atoms with Gasteiger partial charge in [-0.25, -0.2) is 4.79 Å². The standard InChI is InChI=1S/C19H22N2O6/c1-12-6-5-7-15(18(12)21(24)25)19(23)27-11-17(22)16-10-13(2)20(14(16)3)8-9-26-4/h5-7,10H,8-9,11H2,1-4H3. The highest BCUT2D eigenvalue weighted by atomic mass is 16.6. The summed E-state index contributed by atoms with van der Waals surface area (Å²) in [6.07, 6.45) is 0. The third kappa shape index (κ3) is 4.40. The summed E-state index contributed by atoms with van der Waals surface area (Å²) in [7, 11) is 1.60. The van der Waals surface area contributed by atoms with Crippen LogP contribution in [0.3, 0.4) is 0 Å². The first kappa shape index (κ1) is 20.3. The molecule has 1 aromatic heterocycles. The number of esters is 1. The summed E-state index contributed by atoms with van der Waals surface area (Å²) in [5.41, 5.74) is 1.98. The van der Waals surface area contributed by atoms with Gasteiger partial charge in [0.2, 0.25) is 5.78 Å². The molecule has 0 atom stereocenters. The number of nitrogens with zero attached hydrogens (tertiary/aromatic N) is 2. The molecule has 0 aliphatic carbocycles. The van der Waals surface area contributed by atoms with E-state index in [-0.39, 0.29) is 17.0 Å². The van der Waals surface area contributed by atoms with Crippen LogP contribution < -0.4 is 0 Å². The molecule has 8 nitrogen and oxygen atoms in total. The first-order valence-electron chi connectivity index (χ1n) is 8.38. The number of hydrogen-bond acceptors (Lipinski definition) is 6. The van der Waals surface area contributed by atoms with Crippen molar-refractivity contribution in [3.05, 3.63) is 62.5 Å². The van der Waals surface area contributed by atoms with Crippen molar-refractivity contribution in [1.82, 2.24) is 4.57 Å². The maximum absolute atomic E-state index is 12.5. The van der Waals surface area contributed by atoms with Gasteiger partial charge < -0.3 is 14.0 Å². The molecular weight excluding hydrogens is 352 g/mol. The van der Waals surface area contributed by atoms with Crippen molar-refractivity contribution in [2.45, 2.75) is 27.3 Å². The number of ether oxygens (including phenoxy) is 2. The Kier molecular flexibility index (Phi) is 6.46. The molecule has 0 bridgehead atoms. The van der Waals surface area contributed by atoms with E-state index in [0.717, 1.165) is 11.4 Å². The molecule has 0 amide bonds. The second-order valence-electron chi connectivity index (χ2n) is 6.16. The molecule has 1 heterocycles. The number of rotatable bonds is 8. The summed E-state index contributed by atoms with van der Waals surface area (Å²) in [5.74, 6) is -1.26. The van der Waals surface area contributed by atoms with Crippen LogP contribution in [-0.2, 0) is 16.0 Å². The van der Waals surface area contributed by atoms with Gasteiger partial charge in [0.15, 0.2) is 6.61 Å². The van der Waals surface area contributed by atoms with E-state index < -0.39 is 17.5 Å². The summed E-state index contributed by atoms with van der Waals surface area (Å²) in [6.45, 7) is 5.85. The highest BCUT2D eigenvalue weighted by molar-refractivity contribution is 6.01. The quantitative estimate of drug-likeness (QED) is 0.305. The lowest BCUT2D eigenvalue weighted by Gasteiger charge is -2.09. The molecule has 0 unspecified atom stereocenters. The Bertz CT molecular complexity index is 885. The smallest absolute Gasteiger partial charge is 0.345 e. The van der Waals surface area contributed by atoms with Gasteiger partial charge in [0.1, 0.15) is 5.56 Å². The molecule has 2 aromatic rings. The van der Waals surface area contributed by atoms with Gasteiger partial charge in [-0.1, -0.05) is 12.1 Å². The zero-order valence-corrected chi connectivity index (χ0v) is 15.8. The fourth-order valence-electron chi connectivity index (χ4n) is 2.96. The van der Waals surface area contributed by atoms with Crippen LogP contribution in [-0.4, -0.2) is 41.6 Å². The third-order valence-electron chi connectivity index (χ3n) is 4.37. The van der Waals surface area contributed by atoms with Gasteiger partial charge in [0, 0.05) is 36.2 Å². The summed E-state index contributed by atoms with van der Waals surface area (Å²) < 4.78 is 12.1. The Balaban J connectivity index is 2.14. The van der Waals surface area contributed by atoms with Gasteiger partial charge in [-0.15, -0.1) is 0 Å². The number of hydrogen-bond donors (Lipinski definition) is 0. The number of aryl methyl sites for hydroxylation is 2. The summed E-state index contributed by atoms with van der Waals surface area (Å²) in [4.78, 5) is 35.3. The van der Waals surface area contributed by atoms with E-state index in [1.54, 1.807) is 13.2 Å². The van der Waals surface area contributed by atoms with Crippen LogP contribution in [0.5, 0.6) is 0 Å². The average Bonchev–Trinajstić information content (AvgIpc) is 2.91. The second kappa shape index (κ2) is 8.59. The highest BCUT2D eigenvalue weighted by Gasteiger charge is 2.25. The van der Waals surface area contributed by atoms with Gasteiger partial charge in [0.05, 0.1) is 11.5 Å². The Morgan fingerprint density at radius 1 is 1.19 bits per heavy atom. The molecule has 144 valence electrons. The van der Waals surface area contributed by atoms with Crippen molar-refractivity contribution in [2.24, 2.45) is 0 Å². The number of carbonyl (C=O) groups excluding carboxylic acids is 2. The molecule has 8 heteroatoms. The maximum Gasteiger partial charge on any atom is 0.345 e. The minimum absolute atomic E-state index is 0.168. The molecule has 0 saturated heterocycles. The van der Waals surface area contributed by atoms with Crippen molar-refractivity contribution in [1.29, 1.82) is 0 Å². The molecule has 1 aromatic carbocycles. The summed E-state index contributed by atoms with van der Waals surface area (Å²) >= 11 is 0. The van der Waals surface area contributed by atoms with Crippen LogP contribution in [0.2, 0.25) is 0 Å². The van der Waals surface area contributed by atoms with E-state index in [2.05, 4.69) is 0 Å². The minimum atomic E-state index is -0.896. The molecule has 0 spiro atoms. The van der Waals surface area contributed by atoms with Crippen LogP contribution in [0.25, 0.3) is 0 Å².